The molecule has 36 heavy (non-hydrogen) atoms. The van der Waals surface area contributed by atoms with E-state index in [1.54, 1.807) is 6.20 Å². The summed E-state index contributed by atoms with van der Waals surface area (Å²) in [6.07, 6.45) is 1.78. The maximum Gasteiger partial charge on any atom is 0.248 e. The standard InChI is InChI=1S/C30H16N4OS/c1-3-10-22-17(7-1)20-15-21-18-8-2-4-12-25(18)36-26(21)16-24(20)33(22)23-11-5-9-19-28-30(35-29(19)23)32-27-13-6-14-31-34(27)28/h1-16H. The van der Waals surface area contributed by atoms with Crippen molar-refractivity contribution < 1.29 is 4.42 Å². The smallest absolute Gasteiger partial charge is 0.248 e. The van der Waals surface area contributed by atoms with Gasteiger partial charge in [-0.25, -0.2) is 4.52 Å². The highest BCUT2D eigenvalue weighted by Gasteiger charge is 2.21. The minimum Gasteiger partial charge on any atom is -0.434 e. The van der Waals surface area contributed by atoms with Crippen LogP contribution in [0.4, 0.5) is 0 Å². The van der Waals surface area contributed by atoms with Crippen molar-refractivity contribution in [1.29, 1.82) is 0 Å². The van der Waals surface area contributed by atoms with Gasteiger partial charge in [0.25, 0.3) is 0 Å². The molecule has 0 aliphatic rings. The molecule has 9 aromatic rings. The van der Waals surface area contributed by atoms with Crippen LogP contribution in [0.15, 0.2) is 102 Å². The van der Waals surface area contributed by atoms with Crippen molar-refractivity contribution in [2.75, 3.05) is 0 Å². The third-order valence-electron chi connectivity index (χ3n) is 7.22. The Morgan fingerprint density at radius 1 is 0.667 bits per heavy atom. The van der Waals surface area contributed by atoms with Crippen molar-refractivity contribution in [3.8, 4) is 5.69 Å². The van der Waals surface area contributed by atoms with Gasteiger partial charge in [-0.05, 0) is 48.5 Å². The second kappa shape index (κ2) is 6.50. The summed E-state index contributed by atoms with van der Waals surface area (Å²) in [5.41, 5.74) is 6.42. The van der Waals surface area contributed by atoms with Crippen LogP contribution in [0, 0.1) is 0 Å². The van der Waals surface area contributed by atoms with Crippen LogP contribution in [0.2, 0.25) is 0 Å². The summed E-state index contributed by atoms with van der Waals surface area (Å²) >= 11 is 1.84. The molecule has 0 saturated carbocycles. The van der Waals surface area contributed by atoms with Crippen molar-refractivity contribution in [1.82, 2.24) is 19.2 Å². The summed E-state index contributed by atoms with van der Waals surface area (Å²) in [6.45, 7) is 0. The van der Waals surface area contributed by atoms with Crippen LogP contribution >= 0.6 is 11.3 Å². The van der Waals surface area contributed by atoms with Gasteiger partial charge < -0.3 is 8.98 Å². The van der Waals surface area contributed by atoms with Crippen molar-refractivity contribution >= 4 is 81.2 Å². The predicted molar refractivity (Wildman–Crippen MR) is 147 cm³/mol. The molecule has 168 valence electrons. The van der Waals surface area contributed by atoms with Gasteiger partial charge in [-0.2, -0.15) is 10.1 Å². The SMILES string of the molecule is c1ccc2c(c1)sc1cc3c(cc12)c1ccccc1n3-c1cccc2c1oc1nc3cccnn3c12. The number of rotatable bonds is 1. The molecule has 0 saturated heterocycles. The first-order valence-electron chi connectivity index (χ1n) is 11.8. The number of para-hydroxylation sites is 2. The number of fused-ring (bicyclic) bond motifs is 11. The molecule has 6 heteroatoms. The number of furan rings is 1. The summed E-state index contributed by atoms with van der Waals surface area (Å²) < 4.78 is 13.2. The highest BCUT2D eigenvalue weighted by atomic mass is 32.1. The molecular weight excluding hydrogens is 464 g/mol. The van der Waals surface area contributed by atoms with E-state index in [9.17, 15) is 0 Å². The van der Waals surface area contributed by atoms with Crippen LogP contribution in [0.3, 0.4) is 0 Å². The predicted octanol–water partition coefficient (Wildman–Crippen LogP) is 8.09. The fourth-order valence-corrected chi connectivity index (χ4v) is 6.83. The van der Waals surface area contributed by atoms with Crippen LogP contribution in [0.1, 0.15) is 0 Å². The van der Waals surface area contributed by atoms with Gasteiger partial charge >= 0.3 is 0 Å². The average Bonchev–Trinajstić information content (AvgIpc) is 3.64. The molecule has 5 nitrogen and oxygen atoms in total. The van der Waals surface area contributed by atoms with E-state index in [2.05, 4.69) is 88.5 Å². The van der Waals surface area contributed by atoms with Gasteiger partial charge in [-0.15, -0.1) is 11.3 Å². The number of benzene rings is 4. The molecule has 0 atom stereocenters. The van der Waals surface area contributed by atoms with Crippen molar-refractivity contribution in [3.63, 3.8) is 0 Å². The first-order chi connectivity index (χ1) is 17.8. The summed E-state index contributed by atoms with van der Waals surface area (Å²) in [4.78, 5) is 4.69. The second-order valence-electron chi connectivity index (χ2n) is 9.13. The Balaban J connectivity index is 1.45. The molecule has 5 aromatic heterocycles. The lowest BCUT2D eigenvalue weighted by atomic mass is 10.1. The zero-order valence-electron chi connectivity index (χ0n) is 18.8. The summed E-state index contributed by atoms with van der Waals surface area (Å²) in [7, 11) is 0. The van der Waals surface area contributed by atoms with E-state index in [0.29, 0.717) is 5.71 Å². The fourth-order valence-electron chi connectivity index (χ4n) is 5.71. The molecule has 0 aliphatic heterocycles. The molecule has 9 rings (SSSR count). The van der Waals surface area contributed by atoms with Crippen LogP contribution in [-0.2, 0) is 0 Å². The molecule has 0 amide bonds. The Morgan fingerprint density at radius 2 is 1.53 bits per heavy atom. The Morgan fingerprint density at radius 3 is 2.50 bits per heavy atom. The molecule has 0 bridgehead atoms. The fraction of sp³-hybridized carbons (Fsp3) is 0. The zero-order valence-corrected chi connectivity index (χ0v) is 19.7. The van der Waals surface area contributed by atoms with E-state index >= 15 is 0 Å². The summed E-state index contributed by atoms with van der Waals surface area (Å²) in [6, 6.07) is 32.1. The quantitative estimate of drug-likeness (QED) is 0.238. The number of nitrogens with zero attached hydrogens (tertiary/aromatic N) is 4. The van der Waals surface area contributed by atoms with Crippen molar-refractivity contribution in [2.24, 2.45) is 0 Å². The van der Waals surface area contributed by atoms with E-state index in [4.69, 9.17) is 9.40 Å². The number of hydrogen-bond donors (Lipinski definition) is 0. The van der Waals surface area contributed by atoms with Gasteiger partial charge in [0.05, 0.1) is 22.1 Å². The number of thiophene rings is 1. The van der Waals surface area contributed by atoms with Gasteiger partial charge in [0.2, 0.25) is 5.71 Å². The Kier molecular flexibility index (Phi) is 3.36. The maximum absolute atomic E-state index is 6.44. The highest BCUT2D eigenvalue weighted by Crippen LogP contribution is 2.42. The summed E-state index contributed by atoms with van der Waals surface area (Å²) in [5.74, 6) is 0. The van der Waals surface area contributed by atoms with Crippen LogP contribution in [0.5, 0.6) is 0 Å². The van der Waals surface area contributed by atoms with E-state index in [1.165, 1.54) is 36.5 Å². The zero-order chi connectivity index (χ0) is 23.4. The third-order valence-corrected chi connectivity index (χ3v) is 8.35. The van der Waals surface area contributed by atoms with Crippen LogP contribution in [0.25, 0.3) is 75.5 Å². The van der Waals surface area contributed by atoms with Crippen molar-refractivity contribution in [2.45, 2.75) is 0 Å². The lowest BCUT2D eigenvalue weighted by molar-refractivity contribution is 0.654. The molecule has 0 aliphatic carbocycles. The van der Waals surface area contributed by atoms with E-state index in [1.807, 2.05) is 28.0 Å². The second-order valence-corrected chi connectivity index (χ2v) is 10.2. The molecule has 0 N–H and O–H groups in total. The lowest BCUT2D eigenvalue weighted by Crippen LogP contribution is -1.94. The van der Waals surface area contributed by atoms with Gasteiger partial charge in [0.15, 0.2) is 11.2 Å². The van der Waals surface area contributed by atoms with Gasteiger partial charge in [0, 0.05) is 37.1 Å². The Hall–Kier alpha value is -4.68. The molecule has 4 aromatic carbocycles. The normalized spacial score (nSPS) is 12.4. The minimum atomic E-state index is 0.601. The third kappa shape index (κ3) is 2.25. The molecule has 5 heterocycles. The van der Waals surface area contributed by atoms with Crippen LogP contribution in [-0.4, -0.2) is 19.2 Å². The van der Waals surface area contributed by atoms with E-state index in [-0.39, 0.29) is 0 Å². The van der Waals surface area contributed by atoms with E-state index in [0.717, 1.165) is 33.3 Å². The van der Waals surface area contributed by atoms with Gasteiger partial charge in [-0.3, -0.25) is 0 Å². The number of imidazole rings is 1. The monoisotopic (exact) mass is 480 g/mol. The molecular formula is C30H16N4OS. The Labute approximate surface area is 207 Å². The number of hydrogen-bond acceptors (Lipinski definition) is 4. The first-order valence-corrected chi connectivity index (χ1v) is 12.7. The lowest BCUT2D eigenvalue weighted by Gasteiger charge is -2.08. The van der Waals surface area contributed by atoms with Gasteiger partial charge in [-0.1, -0.05) is 42.5 Å². The number of aromatic nitrogens is 4. The molecule has 0 fully saturated rings. The van der Waals surface area contributed by atoms with Gasteiger partial charge in [0.1, 0.15) is 5.52 Å². The Bertz CT molecular complexity index is 2330. The maximum atomic E-state index is 6.44. The molecule has 0 unspecified atom stereocenters. The molecule has 0 radical (unpaired) electrons. The summed E-state index contributed by atoms with van der Waals surface area (Å²) in [5, 5.41) is 10.6. The van der Waals surface area contributed by atoms with Crippen LogP contribution < -0.4 is 0 Å². The average molecular weight is 481 g/mol. The van der Waals surface area contributed by atoms with Crippen molar-refractivity contribution in [3.05, 3.63) is 97.2 Å². The first kappa shape index (κ1) is 18.6. The molecule has 0 spiro atoms. The highest BCUT2D eigenvalue weighted by molar-refractivity contribution is 7.25. The largest absolute Gasteiger partial charge is 0.434 e. The topological polar surface area (TPSA) is 48.3 Å². The minimum absolute atomic E-state index is 0.601. The van der Waals surface area contributed by atoms with E-state index < -0.39 is 0 Å².